The van der Waals surface area contributed by atoms with Crippen LogP contribution in [0, 0.1) is 12.8 Å². The number of aliphatic carboxylic acids is 1. The number of carboxylic acid groups (broad SMARTS) is 1. The van der Waals surface area contributed by atoms with Crippen LogP contribution in [-0.2, 0) is 20.9 Å². The number of anilines is 2. The standard InChI is InChI=1S/C36H35F6N5O7.Na.H/c1-20-8-6-7-11-24(20)44-32(52)45-25-15-14-22(17-28(25)54-2)19-46-33(53)47(31(51)34(46,35(37,38)39)36(40,41)42)27(16-21-12-13-21)30(50)43-26(18-29(48)49)23-9-4-3-5-10-23;;/h3-11,14-15,17,21,26-27H,12-13,16,18-19H2,1-2H3,(H,43,50)(H,48,49)(H2,44,45,52);;. The van der Waals surface area contributed by atoms with Crippen LogP contribution in [0.25, 0.3) is 0 Å². The Hall–Kier alpha value is -4.81. The molecule has 5 rings (SSSR count). The van der Waals surface area contributed by atoms with Gasteiger partial charge in [0.25, 0.3) is 5.91 Å². The predicted molar refractivity (Wildman–Crippen MR) is 187 cm³/mol. The van der Waals surface area contributed by atoms with Crippen LogP contribution in [-0.4, -0.2) is 105 Å². The number of carbonyl (C=O) groups is 5. The van der Waals surface area contributed by atoms with Crippen molar-refractivity contribution in [3.63, 3.8) is 0 Å². The van der Waals surface area contributed by atoms with E-state index in [1.165, 1.54) is 24.3 Å². The van der Waals surface area contributed by atoms with Crippen LogP contribution in [0.1, 0.15) is 48.4 Å². The molecule has 6 amide bonds. The molecular weight excluding hydrogens is 751 g/mol. The number of rotatable bonds is 13. The molecule has 2 unspecified atom stereocenters. The maximum atomic E-state index is 14.9. The number of halogens is 6. The van der Waals surface area contributed by atoms with Crippen molar-refractivity contribution in [2.45, 2.75) is 69.1 Å². The number of carbonyl (C=O) groups excluding carboxylic acids is 4. The third-order valence-corrected chi connectivity index (χ3v) is 9.20. The van der Waals surface area contributed by atoms with Gasteiger partial charge in [0.1, 0.15) is 11.8 Å². The number of amides is 6. The summed E-state index contributed by atoms with van der Waals surface area (Å²) in [5.74, 6) is -6.04. The monoisotopic (exact) mass is 787 g/mol. The van der Waals surface area contributed by atoms with E-state index >= 15 is 0 Å². The van der Waals surface area contributed by atoms with Gasteiger partial charge in [0.15, 0.2) is 0 Å². The SMILES string of the molecule is COc1cc(CN2C(=O)N(C(CC3CC3)C(=O)NC(CC(=O)O)c3ccccc3)C(=O)C2(C(F)(F)F)C(F)(F)F)ccc1NC(=O)Nc1ccccc1C.[NaH]. The van der Waals surface area contributed by atoms with Gasteiger partial charge < -0.3 is 25.8 Å². The first-order valence-corrected chi connectivity index (χ1v) is 16.5. The van der Waals surface area contributed by atoms with Crippen LogP contribution in [0.2, 0.25) is 0 Å². The number of nitrogens with zero attached hydrogens (tertiary/aromatic N) is 2. The summed E-state index contributed by atoms with van der Waals surface area (Å²) in [6.45, 7) is 0.301. The molecule has 0 spiro atoms. The Kier molecular flexibility index (Phi) is 13.2. The van der Waals surface area contributed by atoms with Crippen molar-refractivity contribution < 1.29 is 60.2 Å². The summed E-state index contributed by atoms with van der Waals surface area (Å²) in [6.07, 6.45) is -13.2. The zero-order chi connectivity index (χ0) is 39.6. The second-order valence-corrected chi connectivity index (χ2v) is 12.9. The van der Waals surface area contributed by atoms with Crippen LogP contribution < -0.4 is 20.7 Å². The number of hydrogen-bond acceptors (Lipinski definition) is 6. The van der Waals surface area contributed by atoms with Gasteiger partial charge in [-0.3, -0.25) is 19.3 Å². The Morgan fingerprint density at radius 1 is 0.909 bits per heavy atom. The number of para-hydroxylation sites is 1. The molecule has 1 heterocycles. The van der Waals surface area contributed by atoms with Gasteiger partial charge in [-0.1, -0.05) is 67.4 Å². The summed E-state index contributed by atoms with van der Waals surface area (Å²) in [5.41, 5.74) is -4.37. The Morgan fingerprint density at radius 2 is 1.51 bits per heavy atom. The summed E-state index contributed by atoms with van der Waals surface area (Å²) in [6, 6.07) is 11.2. The van der Waals surface area contributed by atoms with Crippen molar-refractivity contribution in [2.75, 3.05) is 17.7 Å². The number of benzene rings is 3. The maximum absolute atomic E-state index is 14.9. The summed E-state index contributed by atoms with van der Waals surface area (Å²) in [4.78, 5) is 64.9. The molecule has 290 valence electrons. The van der Waals surface area contributed by atoms with E-state index in [4.69, 9.17) is 4.74 Å². The zero-order valence-corrected chi connectivity index (χ0v) is 28.8. The zero-order valence-electron chi connectivity index (χ0n) is 28.8. The second kappa shape index (κ2) is 16.9. The number of nitrogens with one attached hydrogen (secondary N) is 3. The van der Waals surface area contributed by atoms with Gasteiger partial charge in [-0.25, -0.2) is 14.5 Å². The third-order valence-electron chi connectivity index (χ3n) is 9.20. The van der Waals surface area contributed by atoms with Crippen LogP contribution in [0.15, 0.2) is 72.8 Å². The Balaban J connectivity index is 0.00000673. The molecule has 1 aliphatic carbocycles. The molecule has 1 saturated heterocycles. The molecule has 19 heteroatoms. The van der Waals surface area contributed by atoms with Gasteiger partial charge in [0.2, 0.25) is 5.91 Å². The summed E-state index contributed by atoms with van der Waals surface area (Å²) >= 11 is 0. The van der Waals surface area contributed by atoms with E-state index in [1.807, 2.05) is 0 Å². The quantitative estimate of drug-likeness (QED) is 0.0923. The number of alkyl halides is 6. The Bertz CT molecular complexity index is 1910. The van der Waals surface area contributed by atoms with Crippen LogP contribution in [0.3, 0.4) is 0 Å². The third kappa shape index (κ3) is 9.02. The average molecular weight is 788 g/mol. The fraction of sp³-hybridized carbons (Fsp3) is 0.361. The van der Waals surface area contributed by atoms with Gasteiger partial charge in [-0.15, -0.1) is 0 Å². The number of imide groups is 1. The normalized spacial score (nSPS) is 16.5. The molecule has 1 aliphatic heterocycles. The molecule has 2 fully saturated rings. The van der Waals surface area contributed by atoms with Gasteiger partial charge in [0, 0.05) is 12.2 Å². The number of aryl methyl sites for hydroxylation is 1. The summed E-state index contributed by atoms with van der Waals surface area (Å²) < 4.78 is 94.8. The molecular formula is C36H36F6N5NaO7. The number of ether oxygens (including phenoxy) is 1. The number of methoxy groups -OCH3 is 1. The van der Waals surface area contributed by atoms with Crippen LogP contribution in [0.5, 0.6) is 5.75 Å². The van der Waals surface area contributed by atoms with Crippen molar-refractivity contribution >= 4 is 70.8 Å². The first-order chi connectivity index (χ1) is 25.4. The van der Waals surface area contributed by atoms with E-state index in [9.17, 15) is 55.4 Å². The first kappa shape index (κ1) is 42.9. The van der Waals surface area contributed by atoms with E-state index in [-0.39, 0.29) is 57.0 Å². The molecule has 12 nitrogen and oxygen atoms in total. The van der Waals surface area contributed by atoms with Crippen molar-refractivity contribution in [2.24, 2.45) is 5.92 Å². The van der Waals surface area contributed by atoms with Gasteiger partial charge in [-0.05, 0) is 54.2 Å². The molecule has 55 heavy (non-hydrogen) atoms. The second-order valence-electron chi connectivity index (χ2n) is 12.9. The molecule has 2 atom stereocenters. The van der Waals surface area contributed by atoms with E-state index in [2.05, 4.69) is 16.0 Å². The Labute approximate surface area is 332 Å². The minimum absolute atomic E-state index is 0. The van der Waals surface area contributed by atoms with Crippen molar-refractivity contribution in [3.05, 3.63) is 89.5 Å². The van der Waals surface area contributed by atoms with Gasteiger partial charge in [-0.2, -0.15) is 26.3 Å². The van der Waals surface area contributed by atoms with E-state index < -0.39 is 90.0 Å². The van der Waals surface area contributed by atoms with E-state index in [0.29, 0.717) is 18.5 Å². The molecule has 3 aromatic rings. The fourth-order valence-electron chi connectivity index (χ4n) is 6.31. The van der Waals surface area contributed by atoms with E-state index in [1.54, 1.807) is 37.3 Å². The minimum atomic E-state index is -6.43. The van der Waals surface area contributed by atoms with Crippen molar-refractivity contribution in [1.29, 1.82) is 0 Å². The number of hydrogen-bond donors (Lipinski definition) is 4. The Morgan fingerprint density at radius 3 is 2.07 bits per heavy atom. The molecule has 0 radical (unpaired) electrons. The van der Waals surface area contributed by atoms with Crippen molar-refractivity contribution in [1.82, 2.24) is 15.1 Å². The molecule has 0 bridgehead atoms. The van der Waals surface area contributed by atoms with Gasteiger partial charge >= 0.3 is 65.5 Å². The van der Waals surface area contributed by atoms with Crippen LogP contribution in [0.4, 0.5) is 47.3 Å². The molecule has 3 aromatic carbocycles. The molecule has 4 N–H and O–H groups in total. The predicted octanol–water partition coefficient (Wildman–Crippen LogP) is 6.13. The van der Waals surface area contributed by atoms with Crippen molar-refractivity contribution in [3.8, 4) is 5.75 Å². The summed E-state index contributed by atoms with van der Waals surface area (Å²) in [7, 11) is 1.12. The van der Waals surface area contributed by atoms with Gasteiger partial charge in [0.05, 0.1) is 25.3 Å². The molecule has 2 aliphatic rings. The first-order valence-electron chi connectivity index (χ1n) is 16.5. The average Bonchev–Trinajstić information content (AvgIpc) is 3.88. The summed E-state index contributed by atoms with van der Waals surface area (Å²) in [5, 5.41) is 16.9. The number of urea groups is 2. The van der Waals surface area contributed by atoms with E-state index in [0.717, 1.165) is 30.9 Å². The fourth-order valence-corrected chi connectivity index (χ4v) is 6.31. The number of carboxylic acids is 1. The van der Waals surface area contributed by atoms with Crippen LogP contribution >= 0.6 is 0 Å². The molecule has 1 saturated carbocycles. The topological polar surface area (TPSA) is 157 Å². The molecule has 0 aromatic heterocycles.